The standard InChI is InChI=1S/C55H65N5/c1-12-17-20-23-28-42(6)44(8)58-54(59-51(27-16-5)46(26-15-4)32-19-14-3)48-35-39-50(40-36-48)55(9,10)49-37-33-47(34-38-49)53(57-41-45-30-24-21-25-31-45)60-52(56-11)43(7)29-22-18-13-2/h12-13,15,17-20,22-24,26-27,29-41H,2,4,6,14,16,21,25,28H2,1,3,5,7-11H3/b17-12-,22-18-,23-20-,32-19-,43-29+,46-26+,51-27+,56-52?,57-41?,58-44?,59-54?,60-53?. The van der Waals surface area contributed by atoms with Gasteiger partial charge in [-0.1, -0.05) is 193 Å². The van der Waals surface area contributed by atoms with E-state index in [1.54, 1.807) is 19.2 Å². The van der Waals surface area contributed by atoms with E-state index in [2.05, 4.69) is 143 Å². The largest absolute Gasteiger partial charge is 0.270 e. The van der Waals surface area contributed by atoms with Crippen molar-refractivity contribution in [3.63, 3.8) is 0 Å². The van der Waals surface area contributed by atoms with Gasteiger partial charge in [-0.25, -0.2) is 20.0 Å². The van der Waals surface area contributed by atoms with Crippen LogP contribution in [0.4, 0.5) is 0 Å². The molecule has 1 aliphatic carbocycles. The molecule has 0 amide bonds. The fraction of sp³-hybridized carbons (Fsp3) is 0.255. The molecule has 0 fully saturated rings. The van der Waals surface area contributed by atoms with Crippen LogP contribution in [-0.2, 0) is 5.41 Å². The molecule has 1 aliphatic rings. The van der Waals surface area contributed by atoms with Gasteiger partial charge < -0.3 is 0 Å². The summed E-state index contributed by atoms with van der Waals surface area (Å²) in [7, 11) is 1.76. The fourth-order valence-electron chi connectivity index (χ4n) is 6.11. The molecule has 310 valence electrons. The first-order valence-corrected chi connectivity index (χ1v) is 21.0. The van der Waals surface area contributed by atoms with Gasteiger partial charge in [-0.05, 0) is 86.3 Å². The smallest absolute Gasteiger partial charge is 0.161 e. The lowest BCUT2D eigenvalue weighted by molar-refractivity contribution is 0.641. The third kappa shape index (κ3) is 15.1. The van der Waals surface area contributed by atoms with Crippen LogP contribution in [0.25, 0.3) is 0 Å². The van der Waals surface area contributed by atoms with E-state index >= 15 is 0 Å². The first-order chi connectivity index (χ1) is 29.0. The third-order valence-corrected chi connectivity index (χ3v) is 9.80. The number of rotatable bonds is 18. The van der Waals surface area contributed by atoms with Crippen LogP contribution in [0.2, 0.25) is 0 Å². The van der Waals surface area contributed by atoms with Gasteiger partial charge in [-0.15, -0.1) is 0 Å². The Morgan fingerprint density at radius 2 is 1.45 bits per heavy atom. The van der Waals surface area contributed by atoms with Crippen molar-refractivity contribution in [1.29, 1.82) is 0 Å². The molecule has 3 rings (SSSR count). The molecule has 0 heterocycles. The van der Waals surface area contributed by atoms with Crippen LogP contribution < -0.4 is 0 Å². The van der Waals surface area contributed by atoms with Gasteiger partial charge in [0, 0.05) is 35.5 Å². The molecule has 0 radical (unpaired) electrons. The molecule has 0 atom stereocenters. The number of amidine groups is 3. The lowest BCUT2D eigenvalue weighted by atomic mass is 9.77. The van der Waals surface area contributed by atoms with E-state index < -0.39 is 0 Å². The Hall–Kier alpha value is -6.33. The Balaban J connectivity index is 2.09. The van der Waals surface area contributed by atoms with E-state index in [4.69, 9.17) is 20.0 Å². The summed E-state index contributed by atoms with van der Waals surface area (Å²) in [4.78, 5) is 24.7. The first-order valence-electron chi connectivity index (χ1n) is 21.0. The summed E-state index contributed by atoms with van der Waals surface area (Å²) < 4.78 is 0. The van der Waals surface area contributed by atoms with Gasteiger partial charge in [0.05, 0.1) is 5.70 Å². The molecule has 0 N–H and O–H groups in total. The van der Waals surface area contributed by atoms with Gasteiger partial charge in [0.15, 0.2) is 17.5 Å². The van der Waals surface area contributed by atoms with Gasteiger partial charge in [-0.2, -0.15) is 0 Å². The summed E-state index contributed by atoms with van der Waals surface area (Å²) in [6.45, 7) is 26.8. The minimum atomic E-state index is -0.315. The predicted molar refractivity (Wildman–Crippen MR) is 266 cm³/mol. The predicted octanol–water partition coefficient (Wildman–Crippen LogP) is 14.5. The highest BCUT2D eigenvalue weighted by Gasteiger charge is 2.24. The Labute approximate surface area is 361 Å². The highest BCUT2D eigenvalue weighted by atomic mass is 15.0. The molecular formula is C55H65N5. The van der Waals surface area contributed by atoms with E-state index in [-0.39, 0.29) is 5.41 Å². The molecule has 0 spiro atoms. The molecule has 2 aromatic carbocycles. The van der Waals surface area contributed by atoms with Crippen molar-refractivity contribution in [3.05, 3.63) is 216 Å². The van der Waals surface area contributed by atoms with Crippen LogP contribution in [0.15, 0.2) is 218 Å². The van der Waals surface area contributed by atoms with Gasteiger partial charge in [-0.3, -0.25) is 4.99 Å². The molecule has 2 aromatic rings. The summed E-state index contributed by atoms with van der Waals surface area (Å²) in [5.41, 5.74) is 9.44. The van der Waals surface area contributed by atoms with Crippen molar-refractivity contribution in [2.45, 2.75) is 86.0 Å². The molecule has 0 aromatic heterocycles. The van der Waals surface area contributed by atoms with E-state index in [1.807, 2.05) is 69.5 Å². The minimum absolute atomic E-state index is 0.315. The van der Waals surface area contributed by atoms with Crippen molar-refractivity contribution >= 4 is 29.4 Å². The maximum atomic E-state index is 5.22. The van der Waals surface area contributed by atoms with Gasteiger partial charge in [0.1, 0.15) is 0 Å². The van der Waals surface area contributed by atoms with Crippen molar-refractivity contribution < 1.29 is 0 Å². The number of nitrogens with zero attached hydrogens (tertiary/aromatic N) is 5. The van der Waals surface area contributed by atoms with Crippen LogP contribution in [0.1, 0.15) is 103 Å². The van der Waals surface area contributed by atoms with Gasteiger partial charge in [0.25, 0.3) is 0 Å². The molecule has 5 nitrogen and oxygen atoms in total. The maximum absolute atomic E-state index is 5.22. The minimum Gasteiger partial charge on any atom is -0.270 e. The Morgan fingerprint density at radius 3 is 2.02 bits per heavy atom. The number of hydrogen-bond donors (Lipinski definition) is 0. The molecule has 60 heavy (non-hydrogen) atoms. The molecule has 0 saturated carbocycles. The second kappa shape index (κ2) is 25.9. The van der Waals surface area contributed by atoms with Crippen LogP contribution in [0, 0.1) is 0 Å². The highest BCUT2D eigenvalue weighted by molar-refractivity contribution is 6.14. The van der Waals surface area contributed by atoms with Crippen LogP contribution in [0.5, 0.6) is 0 Å². The first kappa shape index (κ1) is 48.0. The van der Waals surface area contributed by atoms with Crippen LogP contribution in [-0.4, -0.2) is 36.5 Å². The number of allylic oxidation sites excluding steroid dienone is 18. The molecule has 5 heteroatoms. The zero-order valence-electron chi connectivity index (χ0n) is 37.3. The normalized spacial score (nSPS) is 15.7. The highest BCUT2D eigenvalue weighted by Crippen LogP contribution is 2.32. The molecular weight excluding hydrogens is 731 g/mol. The van der Waals surface area contributed by atoms with Crippen LogP contribution in [0.3, 0.4) is 0 Å². The fourth-order valence-corrected chi connectivity index (χ4v) is 6.11. The Kier molecular flexibility index (Phi) is 20.7. The Morgan fingerprint density at radius 1 is 0.767 bits per heavy atom. The van der Waals surface area contributed by atoms with E-state index in [9.17, 15) is 0 Å². The monoisotopic (exact) mass is 796 g/mol. The second-order valence-corrected chi connectivity index (χ2v) is 14.7. The molecule has 0 bridgehead atoms. The van der Waals surface area contributed by atoms with E-state index in [0.29, 0.717) is 23.9 Å². The quantitative estimate of drug-likeness (QED) is 0.0820. The summed E-state index contributed by atoms with van der Waals surface area (Å²) >= 11 is 0. The average molecular weight is 796 g/mol. The Bertz CT molecular complexity index is 2230. The third-order valence-electron chi connectivity index (χ3n) is 9.80. The summed E-state index contributed by atoms with van der Waals surface area (Å²) in [5.74, 6) is 1.84. The summed E-state index contributed by atoms with van der Waals surface area (Å²) in [6, 6.07) is 17.1. The zero-order valence-corrected chi connectivity index (χ0v) is 37.3. The van der Waals surface area contributed by atoms with Gasteiger partial charge >= 0.3 is 0 Å². The molecule has 0 saturated heterocycles. The molecule has 0 unspecified atom stereocenters. The van der Waals surface area contributed by atoms with Crippen molar-refractivity contribution in [3.8, 4) is 0 Å². The lowest BCUT2D eigenvalue weighted by Gasteiger charge is -2.26. The average Bonchev–Trinajstić information content (AvgIpc) is 3.26. The SMILES string of the molecule is C=C/C=C\C=C(/C)C(=NC)N=C(N=CC1=CCCC=C1)c1ccc(C(C)(C)c2ccc(C(N=C(C)C(=C)C/C=C\C=C/C)=NC(=C/CC)/C(/C=C\CC)=C/C=C)cc2)cc1. The maximum Gasteiger partial charge on any atom is 0.161 e. The topological polar surface area (TPSA) is 61.8 Å². The van der Waals surface area contributed by atoms with E-state index in [1.165, 1.54) is 0 Å². The van der Waals surface area contributed by atoms with Crippen molar-refractivity contribution in [2.75, 3.05) is 7.05 Å². The molecule has 0 aliphatic heterocycles. The lowest BCUT2D eigenvalue weighted by Crippen LogP contribution is -2.19. The number of hydrogen-bond acceptors (Lipinski definition) is 2. The summed E-state index contributed by atoms with van der Waals surface area (Å²) in [5, 5.41) is 0. The number of benzene rings is 2. The van der Waals surface area contributed by atoms with E-state index in [0.717, 1.165) is 81.6 Å². The summed E-state index contributed by atoms with van der Waals surface area (Å²) in [6.07, 6.45) is 38.7. The second-order valence-electron chi connectivity index (χ2n) is 14.7. The van der Waals surface area contributed by atoms with Gasteiger partial charge in [0.2, 0.25) is 0 Å². The van der Waals surface area contributed by atoms with Crippen molar-refractivity contribution in [1.82, 2.24) is 0 Å². The van der Waals surface area contributed by atoms with Crippen molar-refractivity contribution in [2.24, 2.45) is 25.0 Å². The number of aliphatic imine (C=N–C) groups is 5. The zero-order chi connectivity index (χ0) is 43.8. The van der Waals surface area contributed by atoms with Crippen LogP contribution >= 0.6 is 0 Å².